The molecule has 1 aromatic heterocycles. The molecule has 0 radical (unpaired) electrons. The number of hydrogen-bond acceptors (Lipinski definition) is 4. The van der Waals surface area contributed by atoms with Gasteiger partial charge in [-0.05, 0) is 18.6 Å². The number of benzene rings is 1. The van der Waals surface area contributed by atoms with Crippen LogP contribution >= 0.6 is 23.4 Å². The Hall–Kier alpha value is -1.00. The first-order chi connectivity index (χ1) is 8.29. The average Bonchev–Trinajstić information content (AvgIpc) is 2.85. The van der Waals surface area contributed by atoms with E-state index in [1.165, 1.54) is 4.90 Å². The van der Waals surface area contributed by atoms with E-state index in [2.05, 4.69) is 22.3 Å². The topological polar surface area (TPSA) is 38.9 Å². The molecule has 1 atom stereocenters. The maximum atomic E-state index is 6.03. The van der Waals surface area contributed by atoms with Crippen LogP contribution in [0.15, 0.2) is 39.8 Å². The van der Waals surface area contributed by atoms with Crippen LogP contribution in [0.25, 0.3) is 0 Å². The number of alkyl halides is 1. The normalized spacial score (nSPS) is 12.6. The Kier molecular flexibility index (Phi) is 4.45. The molecule has 0 N–H and O–H groups in total. The minimum Gasteiger partial charge on any atom is -0.338 e. The van der Waals surface area contributed by atoms with Crippen molar-refractivity contribution in [3.8, 4) is 0 Å². The number of halogens is 1. The molecule has 0 aliphatic rings. The first-order valence-electron chi connectivity index (χ1n) is 5.44. The lowest BCUT2D eigenvalue weighted by Crippen LogP contribution is -1.91. The summed E-state index contributed by atoms with van der Waals surface area (Å²) in [7, 11) is 0. The van der Waals surface area contributed by atoms with Gasteiger partial charge in [-0.15, -0.1) is 23.4 Å². The van der Waals surface area contributed by atoms with E-state index in [0.29, 0.717) is 17.5 Å². The van der Waals surface area contributed by atoms with Crippen LogP contribution in [0.1, 0.15) is 30.4 Å². The molecule has 3 nitrogen and oxygen atoms in total. The summed E-state index contributed by atoms with van der Waals surface area (Å²) in [6.45, 7) is 1.99. The third-order valence-electron chi connectivity index (χ3n) is 2.23. The molecular formula is C12H13ClN2OS. The Balaban J connectivity index is 1.94. The molecule has 5 heteroatoms. The van der Waals surface area contributed by atoms with E-state index >= 15 is 0 Å². The highest BCUT2D eigenvalue weighted by atomic mass is 35.5. The van der Waals surface area contributed by atoms with Gasteiger partial charge in [0.15, 0.2) is 5.82 Å². The van der Waals surface area contributed by atoms with Crippen LogP contribution in [0, 0.1) is 0 Å². The fourth-order valence-electron chi connectivity index (χ4n) is 1.30. The molecule has 1 unspecified atom stereocenters. The molecule has 0 spiro atoms. The molecule has 0 fully saturated rings. The van der Waals surface area contributed by atoms with Gasteiger partial charge in [0, 0.05) is 4.90 Å². The van der Waals surface area contributed by atoms with E-state index in [4.69, 9.17) is 16.1 Å². The van der Waals surface area contributed by atoms with Crippen LogP contribution in [0.2, 0.25) is 0 Å². The van der Waals surface area contributed by atoms with Gasteiger partial charge >= 0.3 is 0 Å². The molecule has 1 aromatic carbocycles. The summed E-state index contributed by atoms with van der Waals surface area (Å²) >= 11 is 7.70. The van der Waals surface area contributed by atoms with E-state index in [9.17, 15) is 0 Å². The van der Waals surface area contributed by atoms with Gasteiger partial charge in [0.05, 0.1) is 11.1 Å². The first kappa shape index (κ1) is 12.5. The van der Waals surface area contributed by atoms with Crippen LogP contribution in [-0.4, -0.2) is 10.1 Å². The number of rotatable bonds is 5. The van der Waals surface area contributed by atoms with E-state index < -0.39 is 0 Å². The SMILES string of the molecule is CCC(Cl)c1noc(CSc2ccccc2)n1. The van der Waals surface area contributed by atoms with E-state index in [1.807, 2.05) is 25.1 Å². The fourth-order valence-corrected chi connectivity index (χ4v) is 2.14. The van der Waals surface area contributed by atoms with Crippen molar-refractivity contribution >= 4 is 23.4 Å². The number of nitrogens with zero attached hydrogens (tertiary/aromatic N) is 2. The molecule has 0 aliphatic heterocycles. The molecule has 1 heterocycles. The Morgan fingerprint density at radius 2 is 2.12 bits per heavy atom. The van der Waals surface area contributed by atoms with Crippen LogP contribution in [-0.2, 0) is 5.75 Å². The van der Waals surface area contributed by atoms with Gasteiger partial charge in [0.25, 0.3) is 0 Å². The van der Waals surface area contributed by atoms with Gasteiger partial charge in [-0.2, -0.15) is 4.98 Å². The molecule has 2 rings (SSSR count). The highest BCUT2D eigenvalue weighted by molar-refractivity contribution is 7.98. The summed E-state index contributed by atoms with van der Waals surface area (Å²) in [6.07, 6.45) is 0.798. The second kappa shape index (κ2) is 6.07. The maximum absolute atomic E-state index is 6.03. The molecule has 90 valence electrons. The van der Waals surface area contributed by atoms with Crippen molar-refractivity contribution in [3.05, 3.63) is 42.0 Å². The summed E-state index contributed by atoms with van der Waals surface area (Å²) in [4.78, 5) is 5.45. The van der Waals surface area contributed by atoms with Gasteiger partial charge < -0.3 is 4.52 Å². The van der Waals surface area contributed by atoms with Crippen molar-refractivity contribution in [1.82, 2.24) is 10.1 Å². The Bertz CT molecular complexity index is 461. The standard InChI is InChI=1S/C12H13ClN2OS/c1-2-10(13)12-14-11(16-15-12)8-17-9-6-4-3-5-7-9/h3-7,10H,2,8H2,1H3. The largest absolute Gasteiger partial charge is 0.338 e. The highest BCUT2D eigenvalue weighted by Gasteiger charge is 2.13. The summed E-state index contributed by atoms with van der Waals surface area (Å²) in [5.41, 5.74) is 0. The quantitative estimate of drug-likeness (QED) is 0.606. The smallest absolute Gasteiger partial charge is 0.237 e. The van der Waals surface area contributed by atoms with E-state index in [1.54, 1.807) is 11.8 Å². The van der Waals surface area contributed by atoms with Crippen molar-refractivity contribution in [2.24, 2.45) is 0 Å². The molecule has 2 aromatic rings. The fraction of sp³-hybridized carbons (Fsp3) is 0.333. The maximum Gasteiger partial charge on any atom is 0.237 e. The molecule has 0 saturated carbocycles. The van der Waals surface area contributed by atoms with Gasteiger partial charge in [-0.3, -0.25) is 0 Å². The van der Waals surface area contributed by atoms with Crippen LogP contribution in [0.4, 0.5) is 0 Å². The van der Waals surface area contributed by atoms with Crippen LogP contribution in [0.5, 0.6) is 0 Å². The first-order valence-corrected chi connectivity index (χ1v) is 6.86. The van der Waals surface area contributed by atoms with Crippen molar-refractivity contribution in [2.45, 2.75) is 29.4 Å². The average molecular weight is 269 g/mol. The second-order valence-corrected chi connectivity index (χ2v) is 5.10. The Morgan fingerprint density at radius 3 is 2.82 bits per heavy atom. The molecular weight excluding hydrogens is 256 g/mol. The minimum absolute atomic E-state index is 0.158. The predicted molar refractivity (Wildman–Crippen MR) is 69.2 cm³/mol. The predicted octanol–water partition coefficient (Wildman–Crippen LogP) is 4.05. The van der Waals surface area contributed by atoms with Crippen molar-refractivity contribution in [3.63, 3.8) is 0 Å². The summed E-state index contributed by atoms with van der Waals surface area (Å²) in [5.74, 6) is 1.87. The van der Waals surface area contributed by atoms with Gasteiger partial charge in [-0.1, -0.05) is 30.3 Å². The van der Waals surface area contributed by atoms with Gasteiger partial charge in [0.1, 0.15) is 0 Å². The van der Waals surface area contributed by atoms with Crippen LogP contribution < -0.4 is 0 Å². The lowest BCUT2D eigenvalue weighted by molar-refractivity contribution is 0.384. The Labute approximate surface area is 110 Å². The van der Waals surface area contributed by atoms with Crippen LogP contribution in [0.3, 0.4) is 0 Å². The number of aromatic nitrogens is 2. The molecule has 0 aliphatic carbocycles. The van der Waals surface area contributed by atoms with Crippen molar-refractivity contribution in [2.75, 3.05) is 0 Å². The van der Waals surface area contributed by atoms with Gasteiger partial charge in [-0.25, -0.2) is 0 Å². The monoisotopic (exact) mass is 268 g/mol. The minimum atomic E-state index is -0.158. The molecule has 0 bridgehead atoms. The lowest BCUT2D eigenvalue weighted by atomic mass is 10.3. The lowest BCUT2D eigenvalue weighted by Gasteiger charge is -1.97. The highest BCUT2D eigenvalue weighted by Crippen LogP contribution is 2.24. The van der Waals surface area contributed by atoms with Crippen molar-refractivity contribution in [1.29, 1.82) is 0 Å². The third kappa shape index (κ3) is 3.48. The summed E-state index contributed by atoms with van der Waals surface area (Å²) in [6, 6.07) is 10.1. The van der Waals surface area contributed by atoms with Crippen molar-refractivity contribution < 1.29 is 4.52 Å². The number of hydrogen-bond donors (Lipinski definition) is 0. The zero-order chi connectivity index (χ0) is 12.1. The molecule has 17 heavy (non-hydrogen) atoms. The third-order valence-corrected chi connectivity index (χ3v) is 3.73. The van der Waals surface area contributed by atoms with E-state index in [0.717, 1.165) is 6.42 Å². The molecule has 0 saturated heterocycles. The molecule has 0 amide bonds. The van der Waals surface area contributed by atoms with E-state index in [-0.39, 0.29) is 5.38 Å². The summed E-state index contributed by atoms with van der Waals surface area (Å²) in [5, 5.41) is 3.71. The number of thioether (sulfide) groups is 1. The zero-order valence-corrected chi connectivity index (χ0v) is 11.0. The zero-order valence-electron chi connectivity index (χ0n) is 9.47. The Morgan fingerprint density at radius 1 is 1.35 bits per heavy atom. The second-order valence-electron chi connectivity index (χ2n) is 3.52. The van der Waals surface area contributed by atoms with Gasteiger partial charge in [0.2, 0.25) is 5.89 Å². The summed E-state index contributed by atoms with van der Waals surface area (Å²) < 4.78 is 5.14.